The van der Waals surface area contributed by atoms with E-state index in [2.05, 4.69) is 24.4 Å². The van der Waals surface area contributed by atoms with Gasteiger partial charge in [-0.15, -0.1) is 5.73 Å². The van der Waals surface area contributed by atoms with Gasteiger partial charge in [0.1, 0.15) is 0 Å². The standard InChI is InChI=1S/C13H14O/c1-2-10-8-12(9-13(10)14)11-6-4-3-5-7-11/h3-7,12-14H,1,8-9H2/t12-,13?/m0/s1. The predicted molar refractivity (Wildman–Crippen MR) is 57.1 cm³/mol. The molecule has 0 bridgehead atoms. The molecule has 0 heterocycles. The molecular formula is C13H14O. The van der Waals surface area contributed by atoms with E-state index in [-0.39, 0.29) is 6.10 Å². The normalized spacial score (nSPS) is 26.2. The van der Waals surface area contributed by atoms with Crippen molar-refractivity contribution in [3.8, 4) is 0 Å². The lowest BCUT2D eigenvalue weighted by Crippen LogP contribution is -2.01. The van der Waals surface area contributed by atoms with Gasteiger partial charge in [-0.2, -0.15) is 0 Å². The van der Waals surface area contributed by atoms with Crippen LogP contribution in [0.5, 0.6) is 0 Å². The van der Waals surface area contributed by atoms with E-state index in [0.717, 1.165) is 18.4 Å². The summed E-state index contributed by atoms with van der Waals surface area (Å²) >= 11 is 0. The first-order valence-corrected chi connectivity index (χ1v) is 4.93. The molecule has 1 N–H and O–H groups in total. The predicted octanol–water partition coefficient (Wildman–Crippen LogP) is 2.64. The lowest BCUT2D eigenvalue weighted by atomic mass is 9.97. The number of aliphatic hydroxyl groups is 1. The lowest BCUT2D eigenvalue weighted by molar-refractivity contribution is 0.215. The van der Waals surface area contributed by atoms with Crippen LogP contribution in [-0.2, 0) is 0 Å². The van der Waals surface area contributed by atoms with E-state index < -0.39 is 0 Å². The van der Waals surface area contributed by atoms with Gasteiger partial charge < -0.3 is 5.11 Å². The molecule has 1 heteroatoms. The Labute approximate surface area is 84.4 Å². The van der Waals surface area contributed by atoms with Gasteiger partial charge in [-0.1, -0.05) is 36.9 Å². The molecule has 1 aliphatic rings. The Hall–Kier alpha value is -1.30. The summed E-state index contributed by atoms with van der Waals surface area (Å²) in [6.07, 6.45) is 1.37. The summed E-state index contributed by atoms with van der Waals surface area (Å²) in [5, 5.41) is 9.68. The Morgan fingerprint density at radius 3 is 2.57 bits per heavy atom. The smallest absolute Gasteiger partial charge is 0.0829 e. The highest BCUT2D eigenvalue weighted by Crippen LogP contribution is 2.37. The molecule has 72 valence electrons. The van der Waals surface area contributed by atoms with Crippen LogP contribution in [0.1, 0.15) is 24.3 Å². The van der Waals surface area contributed by atoms with Crippen LogP contribution in [0.3, 0.4) is 0 Å². The summed E-state index contributed by atoms with van der Waals surface area (Å²) in [7, 11) is 0. The number of rotatable bonds is 1. The zero-order valence-electron chi connectivity index (χ0n) is 8.11. The molecule has 2 atom stereocenters. The Kier molecular flexibility index (Phi) is 2.53. The van der Waals surface area contributed by atoms with E-state index in [1.807, 2.05) is 18.2 Å². The van der Waals surface area contributed by atoms with Crippen LogP contribution >= 0.6 is 0 Å². The molecule has 1 aromatic rings. The first kappa shape index (κ1) is 9.26. The maximum atomic E-state index is 9.68. The highest BCUT2D eigenvalue weighted by molar-refractivity contribution is 5.27. The van der Waals surface area contributed by atoms with Crippen molar-refractivity contribution in [3.63, 3.8) is 0 Å². The van der Waals surface area contributed by atoms with Gasteiger partial charge in [0.05, 0.1) is 6.10 Å². The molecule has 2 rings (SSSR count). The molecule has 1 unspecified atom stereocenters. The molecule has 0 aromatic heterocycles. The van der Waals surface area contributed by atoms with Crippen molar-refractivity contribution in [2.45, 2.75) is 24.9 Å². The highest BCUT2D eigenvalue weighted by atomic mass is 16.3. The fourth-order valence-corrected chi connectivity index (χ4v) is 2.07. The second kappa shape index (κ2) is 3.83. The zero-order valence-corrected chi connectivity index (χ0v) is 8.11. The second-order valence-electron chi connectivity index (χ2n) is 3.77. The van der Waals surface area contributed by atoms with Crippen LogP contribution in [0.4, 0.5) is 0 Å². The van der Waals surface area contributed by atoms with Crippen molar-refractivity contribution in [1.29, 1.82) is 0 Å². The van der Waals surface area contributed by atoms with E-state index in [1.54, 1.807) is 0 Å². The molecule has 0 amide bonds. The van der Waals surface area contributed by atoms with Gasteiger partial charge >= 0.3 is 0 Å². The van der Waals surface area contributed by atoms with Crippen LogP contribution in [-0.4, -0.2) is 11.2 Å². The van der Waals surface area contributed by atoms with Crippen LogP contribution in [0.2, 0.25) is 0 Å². The average Bonchev–Trinajstić information content (AvgIpc) is 2.61. The third kappa shape index (κ3) is 1.65. The van der Waals surface area contributed by atoms with Gasteiger partial charge in [-0.05, 0) is 24.3 Å². The molecule has 1 saturated carbocycles. The molecular weight excluding hydrogens is 172 g/mol. The van der Waals surface area contributed by atoms with Crippen molar-refractivity contribution in [2.24, 2.45) is 0 Å². The van der Waals surface area contributed by atoms with E-state index in [0.29, 0.717) is 5.92 Å². The summed E-state index contributed by atoms with van der Waals surface area (Å²) in [5.74, 6) is 0.440. The quantitative estimate of drug-likeness (QED) is 0.668. The Bertz CT molecular complexity index is 360. The molecule has 1 fully saturated rings. The third-order valence-corrected chi connectivity index (χ3v) is 2.87. The first-order valence-electron chi connectivity index (χ1n) is 4.93. The van der Waals surface area contributed by atoms with Crippen molar-refractivity contribution in [2.75, 3.05) is 0 Å². The van der Waals surface area contributed by atoms with Crippen LogP contribution in [0.15, 0.2) is 48.2 Å². The van der Waals surface area contributed by atoms with Crippen molar-refractivity contribution < 1.29 is 5.11 Å². The third-order valence-electron chi connectivity index (χ3n) is 2.87. The lowest BCUT2D eigenvalue weighted by Gasteiger charge is -2.07. The Balaban J connectivity index is 2.21. The fourth-order valence-electron chi connectivity index (χ4n) is 2.07. The average molecular weight is 186 g/mol. The van der Waals surface area contributed by atoms with Gasteiger partial charge in [0.15, 0.2) is 0 Å². The molecule has 1 nitrogen and oxygen atoms in total. The molecule has 0 radical (unpaired) electrons. The minimum Gasteiger partial charge on any atom is -0.388 e. The maximum absolute atomic E-state index is 9.68. The zero-order chi connectivity index (χ0) is 9.97. The number of benzene rings is 1. The first-order chi connectivity index (χ1) is 6.81. The second-order valence-corrected chi connectivity index (χ2v) is 3.77. The number of hydrogen-bond acceptors (Lipinski definition) is 1. The van der Waals surface area contributed by atoms with Gasteiger partial charge in [-0.25, -0.2) is 0 Å². The minimum atomic E-state index is -0.335. The molecule has 1 aromatic carbocycles. The van der Waals surface area contributed by atoms with Gasteiger partial charge in [-0.3, -0.25) is 0 Å². The van der Waals surface area contributed by atoms with E-state index >= 15 is 0 Å². The largest absolute Gasteiger partial charge is 0.388 e. The van der Waals surface area contributed by atoms with Crippen molar-refractivity contribution in [1.82, 2.24) is 0 Å². The van der Waals surface area contributed by atoms with Crippen LogP contribution < -0.4 is 0 Å². The molecule has 0 saturated heterocycles. The molecule has 1 aliphatic carbocycles. The number of aliphatic hydroxyl groups excluding tert-OH is 1. The summed E-state index contributed by atoms with van der Waals surface area (Å²) < 4.78 is 0. The summed E-state index contributed by atoms with van der Waals surface area (Å²) in [4.78, 5) is 0. The molecule has 14 heavy (non-hydrogen) atoms. The SMILES string of the molecule is C=C=C1C[C@H](c2ccccc2)CC1O. The monoisotopic (exact) mass is 186 g/mol. The summed E-state index contributed by atoms with van der Waals surface area (Å²) in [6.45, 7) is 3.60. The van der Waals surface area contributed by atoms with Gasteiger partial charge in [0.25, 0.3) is 0 Å². The van der Waals surface area contributed by atoms with Crippen LogP contribution in [0, 0.1) is 0 Å². The molecule has 0 spiro atoms. The van der Waals surface area contributed by atoms with Gasteiger partial charge in [0, 0.05) is 5.57 Å². The Morgan fingerprint density at radius 2 is 2.00 bits per heavy atom. The Morgan fingerprint density at radius 1 is 1.29 bits per heavy atom. The van der Waals surface area contributed by atoms with Crippen molar-refractivity contribution in [3.05, 3.63) is 53.8 Å². The molecule has 0 aliphatic heterocycles. The van der Waals surface area contributed by atoms with Crippen molar-refractivity contribution >= 4 is 0 Å². The van der Waals surface area contributed by atoms with E-state index in [9.17, 15) is 5.11 Å². The number of hydrogen-bond donors (Lipinski definition) is 1. The summed E-state index contributed by atoms with van der Waals surface area (Å²) in [6, 6.07) is 10.3. The van der Waals surface area contributed by atoms with Gasteiger partial charge in [0.2, 0.25) is 0 Å². The highest BCUT2D eigenvalue weighted by Gasteiger charge is 2.28. The van der Waals surface area contributed by atoms with E-state index in [4.69, 9.17) is 0 Å². The minimum absolute atomic E-state index is 0.335. The van der Waals surface area contributed by atoms with E-state index in [1.165, 1.54) is 5.56 Å². The van der Waals surface area contributed by atoms with Crippen LogP contribution in [0.25, 0.3) is 0 Å². The fraction of sp³-hybridized carbons (Fsp3) is 0.308. The maximum Gasteiger partial charge on any atom is 0.0829 e. The summed E-state index contributed by atoms with van der Waals surface area (Å²) in [5.41, 5.74) is 5.09. The topological polar surface area (TPSA) is 20.2 Å².